The minimum absolute atomic E-state index is 0.0979. The summed E-state index contributed by atoms with van der Waals surface area (Å²) in [5.74, 6) is 0.747. The fraction of sp³-hybridized carbons (Fsp3) is 0.333. The lowest BCUT2D eigenvalue weighted by molar-refractivity contribution is 0.281. The Labute approximate surface area is 166 Å². The lowest BCUT2D eigenvalue weighted by Crippen LogP contribution is -2.16. The largest absolute Gasteiger partial charge is 0.475 e. The number of hydrogen-bond acceptors (Lipinski definition) is 5. The van der Waals surface area contributed by atoms with Crippen molar-refractivity contribution in [2.75, 3.05) is 11.3 Å². The number of nitrogens with zero attached hydrogens (tertiary/aromatic N) is 2. The molecule has 2 aromatic carbocycles. The molecule has 0 fully saturated rings. The minimum atomic E-state index is -3.82. The molecule has 1 aromatic heterocycles. The van der Waals surface area contributed by atoms with E-state index in [1.807, 2.05) is 32.0 Å². The van der Waals surface area contributed by atoms with Crippen LogP contribution in [0, 0.1) is 19.8 Å². The van der Waals surface area contributed by atoms with Gasteiger partial charge in [-0.1, -0.05) is 32.0 Å². The third-order valence-electron chi connectivity index (χ3n) is 4.49. The van der Waals surface area contributed by atoms with E-state index in [1.54, 1.807) is 24.3 Å². The molecule has 1 heterocycles. The fourth-order valence-corrected chi connectivity index (χ4v) is 3.69. The molecule has 0 spiro atoms. The summed E-state index contributed by atoms with van der Waals surface area (Å²) < 4.78 is 34.1. The van der Waals surface area contributed by atoms with Gasteiger partial charge in [0.25, 0.3) is 15.9 Å². The van der Waals surface area contributed by atoms with Crippen molar-refractivity contribution in [2.24, 2.45) is 5.92 Å². The van der Waals surface area contributed by atoms with Crippen molar-refractivity contribution < 1.29 is 13.2 Å². The molecule has 28 heavy (non-hydrogen) atoms. The summed E-state index contributed by atoms with van der Waals surface area (Å²) in [5, 5.41) is 0. The first kappa shape index (κ1) is 20.1. The van der Waals surface area contributed by atoms with Crippen LogP contribution in [0.4, 0.5) is 5.82 Å². The van der Waals surface area contributed by atoms with Crippen molar-refractivity contribution in [3.63, 3.8) is 0 Å². The summed E-state index contributed by atoms with van der Waals surface area (Å²) in [4.78, 5) is 9.10. The highest BCUT2D eigenvalue weighted by atomic mass is 32.2. The SMILES string of the molecule is Cc1ccc(S(=O)(=O)Nc2nc3ccccc3nc2OCCC(C)C)cc1C. The molecular formula is C21H25N3O3S. The molecule has 0 radical (unpaired) electrons. The average Bonchev–Trinajstić information content (AvgIpc) is 2.63. The predicted octanol–water partition coefficient (Wildman–Crippen LogP) is 4.47. The summed E-state index contributed by atoms with van der Waals surface area (Å²) in [6, 6.07) is 12.3. The molecule has 0 bridgehead atoms. The molecule has 0 aliphatic heterocycles. The van der Waals surface area contributed by atoms with E-state index >= 15 is 0 Å². The second-order valence-corrected chi connectivity index (χ2v) is 8.93. The van der Waals surface area contributed by atoms with Crippen LogP contribution in [0.3, 0.4) is 0 Å². The zero-order chi connectivity index (χ0) is 20.3. The number of hydrogen-bond donors (Lipinski definition) is 1. The summed E-state index contributed by atoms with van der Waals surface area (Å²) in [6.45, 7) is 8.44. The van der Waals surface area contributed by atoms with Crippen LogP contribution in [0.1, 0.15) is 31.4 Å². The maximum atomic E-state index is 12.9. The molecular weight excluding hydrogens is 374 g/mol. The lowest BCUT2D eigenvalue weighted by Gasteiger charge is -2.14. The molecule has 148 valence electrons. The van der Waals surface area contributed by atoms with E-state index in [9.17, 15) is 8.42 Å². The van der Waals surface area contributed by atoms with Crippen LogP contribution < -0.4 is 9.46 Å². The molecule has 0 amide bonds. The van der Waals surface area contributed by atoms with Crippen molar-refractivity contribution in [3.05, 3.63) is 53.6 Å². The van der Waals surface area contributed by atoms with Crippen molar-refractivity contribution in [2.45, 2.75) is 39.0 Å². The van der Waals surface area contributed by atoms with Gasteiger partial charge in [0, 0.05) is 0 Å². The first-order valence-electron chi connectivity index (χ1n) is 9.26. The number of aromatic nitrogens is 2. The van der Waals surface area contributed by atoms with Crippen LogP contribution in [0.5, 0.6) is 5.88 Å². The molecule has 7 heteroatoms. The number of para-hydroxylation sites is 2. The number of rotatable bonds is 7. The van der Waals surface area contributed by atoms with Crippen molar-refractivity contribution in [3.8, 4) is 5.88 Å². The fourth-order valence-electron chi connectivity index (χ4n) is 2.61. The number of sulfonamides is 1. The Balaban J connectivity index is 1.98. The van der Waals surface area contributed by atoms with Gasteiger partial charge in [0.1, 0.15) is 0 Å². The normalized spacial score (nSPS) is 11.8. The van der Waals surface area contributed by atoms with Crippen molar-refractivity contribution in [1.82, 2.24) is 9.97 Å². The number of ether oxygens (including phenoxy) is 1. The van der Waals surface area contributed by atoms with Gasteiger partial charge in [0.05, 0.1) is 22.5 Å². The highest BCUT2D eigenvalue weighted by molar-refractivity contribution is 7.92. The minimum Gasteiger partial charge on any atom is -0.475 e. The molecule has 0 saturated heterocycles. The quantitative estimate of drug-likeness (QED) is 0.634. The predicted molar refractivity (Wildman–Crippen MR) is 111 cm³/mol. The Bertz CT molecular complexity index is 1100. The maximum absolute atomic E-state index is 12.9. The highest BCUT2D eigenvalue weighted by Gasteiger charge is 2.20. The molecule has 3 aromatic rings. The van der Waals surface area contributed by atoms with Crippen LogP contribution in [-0.4, -0.2) is 25.0 Å². The van der Waals surface area contributed by atoms with E-state index in [4.69, 9.17) is 4.74 Å². The van der Waals surface area contributed by atoms with Gasteiger partial charge in [-0.05, 0) is 61.6 Å². The standard InChI is InChI=1S/C21H25N3O3S/c1-14(2)11-12-27-21-20(22-18-7-5-6-8-19(18)23-21)24-28(25,26)17-10-9-15(3)16(4)13-17/h5-10,13-14H,11-12H2,1-4H3,(H,22,24). The van der Waals surface area contributed by atoms with Crippen molar-refractivity contribution >= 4 is 26.9 Å². The first-order chi connectivity index (χ1) is 13.3. The molecule has 0 aliphatic carbocycles. The Morgan fingerprint density at radius 1 is 1.00 bits per heavy atom. The number of fused-ring (bicyclic) bond motifs is 1. The van der Waals surface area contributed by atoms with Gasteiger partial charge in [0.15, 0.2) is 0 Å². The second kappa shape index (κ2) is 8.14. The van der Waals surface area contributed by atoms with Gasteiger partial charge in [-0.15, -0.1) is 0 Å². The first-order valence-corrected chi connectivity index (χ1v) is 10.7. The lowest BCUT2D eigenvalue weighted by atomic mass is 10.1. The van der Waals surface area contributed by atoms with Crippen LogP contribution in [0.2, 0.25) is 0 Å². The Morgan fingerprint density at radius 3 is 2.32 bits per heavy atom. The zero-order valence-corrected chi connectivity index (χ0v) is 17.4. The van der Waals surface area contributed by atoms with E-state index in [1.165, 1.54) is 0 Å². The Hall–Kier alpha value is -2.67. The van der Waals surface area contributed by atoms with Gasteiger partial charge >= 0.3 is 0 Å². The van der Waals surface area contributed by atoms with E-state index in [0.717, 1.165) is 17.5 Å². The monoisotopic (exact) mass is 399 g/mol. The summed E-state index contributed by atoms with van der Waals surface area (Å²) in [5.41, 5.74) is 3.18. The number of nitrogens with one attached hydrogen (secondary N) is 1. The van der Waals surface area contributed by atoms with Gasteiger partial charge in [-0.3, -0.25) is 4.72 Å². The second-order valence-electron chi connectivity index (χ2n) is 7.25. The summed E-state index contributed by atoms with van der Waals surface area (Å²) >= 11 is 0. The third kappa shape index (κ3) is 4.59. The molecule has 0 saturated carbocycles. The van der Waals surface area contributed by atoms with E-state index in [2.05, 4.69) is 28.5 Å². The topological polar surface area (TPSA) is 81.2 Å². The molecule has 6 nitrogen and oxygen atoms in total. The van der Waals surface area contributed by atoms with Crippen LogP contribution >= 0.6 is 0 Å². The van der Waals surface area contributed by atoms with E-state index < -0.39 is 10.0 Å². The summed E-state index contributed by atoms with van der Waals surface area (Å²) in [7, 11) is -3.82. The van der Waals surface area contributed by atoms with Crippen LogP contribution in [0.25, 0.3) is 11.0 Å². The van der Waals surface area contributed by atoms with Crippen molar-refractivity contribution in [1.29, 1.82) is 0 Å². The Morgan fingerprint density at radius 2 is 1.68 bits per heavy atom. The number of benzene rings is 2. The number of anilines is 1. The van der Waals surface area contributed by atoms with Gasteiger partial charge < -0.3 is 4.74 Å². The number of aryl methyl sites for hydroxylation is 2. The van der Waals surface area contributed by atoms with Gasteiger partial charge in [0.2, 0.25) is 5.82 Å². The zero-order valence-electron chi connectivity index (χ0n) is 16.6. The molecule has 0 unspecified atom stereocenters. The summed E-state index contributed by atoms with van der Waals surface area (Å²) in [6.07, 6.45) is 0.831. The Kier molecular flexibility index (Phi) is 5.84. The molecule has 1 N–H and O–H groups in total. The molecule has 0 aliphatic rings. The molecule has 0 atom stereocenters. The third-order valence-corrected chi connectivity index (χ3v) is 5.83. The molecule has 3 rings (SSSR count). The van der Waals surface area contributed by atoms with E-state index in [0.29, 0.717) is 23.6 Å². The van der Waals surface area contributed by atoms with Crippen LogP contribution in [-0.2, 0) is 10.0 Å². The maximum Gasteiger partial charge on any atom is 0.263 e. The van der Waals surface area contributed by atoms with E-state index in [-0.39, 0.29) is 16.6 Å². The van der Waals surface area contributed by atoms with Gasteiger partial charge in [-0.25, -0.2) is 18.4 Å². The van der Waals surface area contributed by atoms with Crippen LogP contribution in [0.15, 0.2) is 47.4 Å². The highest BCUT2D eigenvalue weighted by Crippen LogP contribution is 2.27. The average molecular weight is 400 g/mol. The van der Waals surface area contributed by atoms with Gasteiger partial charge in [-0.2, -0.15) is 0 Å². The smallest absolute Gasteiger partial charge is 0.263 e.